The summed E-state index contributed by atoms with van der Waals surface area (Å²) in [4.78, 5) is 18.4. The second-order valence-electron chi connectivity index (χ2n) is 4.99. The van der Waals surface area contributed by atoms with Gasteiger partial charge in [0.2, 0.25) is 0 Å². The van der Waals surface area contributed by atoms with Crippen LogP contribution < -0.4 is 10.2 Å². The van der Waals surface area contributed by atoms with Crippen molar-refractivity contribution in [2.24, 2.45) is 0 Å². The number of nitrogens with one attached hydrogen (secondary N) is 1. The van der Waals surface area contributed by atoms with Gasteiger partial charge in [0.15, 0.2) is 0 Å². The van der Waals surface area contributed by atoms with Gasteiger partial charge in [-0.3, -0.25) is 4.79 Å². The number of pyridine rings is 1. The topological polar surface area (TPSA) is 45.2 Å². The largest absolute Gasteiger partial charge is 0.373 e. The van der Waals surface area contributed by atoms with Gasteiger partial charge in [-0.1, -0.05) is 17.7 Å². The number of nitrogens with zero attached hydrogens (tertiary/aromatic N) is 2. The summed E-state index contributed by atoms with van der Waals surface area (Å²) < 4.78 is 0. The Balaban J connectivity index is 2.39. The molecule has 0 aliphatic carbocycles. The van der Waals surface area contributed by atoms with Crippen molar-refractivity contribution in [1.82, 2.24) is 4.98 Å². The summed E-state index contributed by atoms with van der Waals surface area (Å²) in [6.07, 6.45) is 0. The molecular weight excluding hydrogens is 286 g/mol. The predicted molar refractivity (Wildman–Crippen MR) is 87.4 cm³/mol. The maximum Gasteiger partial charge on any atom is 0.278 e. The second kappa shape index (κ2) is 6.14. The van der Waals surface area contributed by atoms with Crippen LogP contribution in [0.3, 0.4) is 0 Å². The van der Waals surface area contributed by atoms with Gasteiger partial charge in [0.05, 0.1) is 5.02 Å². The first-order chi connectivity index (χ1) is 9.92. The van der Waals surface area contributed by atoms with E-state index in [0.717, 1.165) is 16.8 Å². The van der Waals surface area contributed by atoms with Crippen molar-refractivity contribution in [3.8, 4) is 0 Å². The Morgan fingerprint density at radius 1 is 1.19 bits per heavy atom. The van der Waals surface area contributed by atoms with E-state index in [1.165, 1.54) is 0 Å². The number of amides is 1. The van der Waals surface area contributed by atoms with Gasteiger partial charge >= 0.3 is 0 Å². The molecule has 2 aromatic rings. The Morgan fingerprint density at radius 3 is 2.38 bits per heavy atom. The lowest BCUT2D eigenvalue weighted by atomic mass is 10.1. The lowest BCUT2D eigenvalue weighted by molar-refractivity contribution is 0.0988. The molecule has 0 saturated heterocycles. The number of aryl methyl sites for hydroxylation is 2. The molecule has 1 amide bonds. The van der Waals surface area contributed by atoms with Crippen molar-refractivity contribution in [3.05, 3.63) is 52.2 Å². The summed E-state index contributed by atoms with van der Waals surface area (Å²) in [7, 11) is 3.47. The molecule has 0 saturated carbocycles. The molecular formula is C16H18ClN3O. The second-order valence-corrected chi connectivity index (χ2v) is 5.39. The zero-order valence-corrected chi connectivity index (χ0v) is 13.3. The summed E-state index contributed by atoms with van der Waals surface area (Å²) in [6, 6.07) is 9.38. The number of hydrogen-bond donors (Lipinski definition) is 1. The van der Waals surface area contributed by atoms with Crippen molar-refractivity contribution in [1.29, 1.82) is 0 Å². The molecule has 0 aliphatic rings. The highest BCUT2D eigenvalue weighted by molar-refractivity contribution is 6.34. The van der Waals surface area contributed by atoms with E-state index < -0.39 is 0 Å². The Bertz CT molecular complexity index is 665. The Labute approximate surface area is 129 Å². The van der Waals surface area contributed by atoms with Crippen molar-refractivity contribution in [2.75, 3.05) is 24.3 Å². The summed E-state index contributed by atoms with van der Waals surface area (Å²) in [5, 5.41) is 3.25. The summed E-state index contributed by atoms with van der Waals surface area (Å²) in [5.41, 5.74) is 3.27. The molecule has 1 N–H and O–H groups in total. The van der Waals surface area contributed by atoms with Gasteiger partial charge in [0.25, 0.3) is 5.91 Å². The average Bonchev–Trinajstić information content (AvgIpc) is 2.45. The minimum atomic E-state index is -0.234. The van der Waals surface area contributed by atoms with Crippen molar-refractivity contribution in [2.45, 2.75) is 13.8 Å². The van der Waals surface area contributed by atoms with Crippen molar-refractivity contribution in [3.63, 3.8) is 0 Å². The summed E-state index contributed by atoms with van der Waals surface area (Å²) in [5.74, 6) is 0.374. The van der Waals surface area contributed by atoms with Crippen LogP contribution in [0.1, 0.15) is 21.6 Å². The number of hydrogen-bond acceptors (Lipinski definition) is 3. The normalized spacial score (nSPS) is 10.3. The van der Waals surface area contributed by atoms with Crippen LogP contribution >= 0.6 is 11.6 Å². The zero-order chi connectivity index (χ0) is 15.6. The third kappa shape index (κ3) is 3.34. The number of benzene rings is 1. The number of anilines is 2. The van der Waals surface area contributed by atoms with E-state index in [-0.39, 0.29) is 11.6 Å². The highest BCUT2D eigenvalue weighted by atomic mass is 35.5. The molecule has 0 unspecified atom stereocenters. The number of carbonyl (C=O) groups is 1. The number of rotatable bonds is 3. The molecule has 5 heteroatoms. The molecule has 0 bridgehead atoms. The van der Waals surface area contributed by atoms with Gasteiger partial charge in [-0.05, 0) is 49.2 Å². The van der Waals surface area contributed by atoms with E-state index in [4.69, 9.17) is 11.6 Å². The van der Waals surface area contributed by atoms with Gasteiger partial charge in [0, 0.05) is 19.8 Å². The minimum Gasteiger partial charge on any atom is -0.373 e. The molecule has 4 nitrogen and oxygen atoms in total. The molecule has 0 radical (unpaired) electrons. The van der Waals surface area contributed by atoms with E-state index in [9.17, 15) is 4.79 Å². The number of aromatic nitrogens is 1. The summed E-state index contributed by atoms with van der Waals surface area (Å²) in [6.45, 7) is 4.00. The molecule has 1 aromatic carbocycles. The fraction of sp³-hybridized carbons (Fsp3) is 0.250. The van der Waals surface area contributed by atoms with Crippen LogP contribution in [0.15, 0.2) is 30.3 Å². The standard InChI is InChI=1S/C16H18ClN3O/c1-10-7-11(2)9-12(8-10)20(4)16(21)15-13(17)5-6-14(18-3)19-15/h5-9H,1-4H3,(H,18,19). The van der Waals surface area contributed by atoms with Crippen LogP contribution in [0.4, 0.5) is 11.5 Å². The third-order valence-corrected chi connectivity index (χ3v) is 3.51. The van der Waals surface area contributed by atoms with Crippen LogP contribution in [0.5, 0.6) is 0 Å². The maximum atomic E-state index is 12.6. The van der Waals surface area contributed by atoms with E-state index in [2.05, 4.69) is 16.4 Å². The Hall–Kier alpha value is -2.07. The SMILES string of the molecule is CNc1ccc(Cl)c(C(=O)N(C)c2cc(C)cc(C)c2)n1. The van der Waals surface area contributed by atoms with Crippen molar-refractivity contribution >= 4 is 29.0 Å². The molecule has 1 heterocycles. The lowest BCUT2D eigenvalue weighted by Gasteiger charge is -2.19. The lowest BCUT2D eigenvalue weighted by Crippen LogP contribution is -2.27. The molecule has 0 atom stereocenters. The van der Waals surface area contributed by atoms with E-state index in [1.54, 1.807) is 31.1 Å². The quantitative estimate of drug-likeness (QED) is 0.941. The maximum absolute atomic E-state index is 12.6. The molecule has 2 rings (SSSR count). The van der Waals surface area contributed by atoms with Crippen LogP contribution in [-0.2, 0) is 0 Å². The van der Waals surface area contributed by atoms with E-state index in [1.807, 2.05) is 26.0 Å². The predicted octanol–water partition coefficient (Wildman–Crippen LogP) is 3.67. The van der Waals surface area contributed by atoms with Gasteiger partial charge in [-0.25, -0.2) is 4.98 Å². The molecule has 0 spiro atoms. The Kier molecular flexibility index (Phi) is 4.48. The smallest absolute Gasteiger partial charge is 0.278 e. The fourth-order valence-electron chi connectivity index (χ4n) is 2.15. The first kappa shape index (κ1) is 15.3. The van der Waals surface area contributed by atoms with E-state index in [0.29, 0.717) is 10.8 Å². The van der Waals surface area contributed by atoms with Gasteiger partial charge in [0.1, 0.15) is 11.5 Å². The van der Waals surface area contributed by atoms with Crippen molar-refractivity contribution < 1.29 is 4.79 Å². The van der Waals surface area contributed by atoms with E-state index >= 15 is 0 Å². The first-order valence-corrected chi connectivity index (χ1v) is 7.01. The number of carbonyl (C=O) groups excluding carboxylic acids is 1. The number of halogens is 1. The Morgan fingerprint density at radius 2 is 1.81 bits per heavy atom. The highest BCUT2D eigenvalue weighted by Gasteiger charge is 2.19. The fourth-order valence-corrected chi connectivity index (χ4v) is 2.34. The molecule has 0 fully saturated rings. The minimum absolute atomic E-state index is 0.234. The molecule has 21 heavy (non-hydrogen) atoms. The zero-order valence-electron chi connectivity index (χ0n) is 12.6. The van der Waals surface area contributed by atoms with Crippen LogP contribution in [0.2, 0.25) is 5.02 Å². The first-order valence-electron chi connectivity index (χ1n) is 6.63. The van der Waals surface area contributed by atoms with Crippen LogP contribution in [0.25, 0.3) is 0 Å². The molecule has 110 valence electrons. The molecule has 1 aromatic heterocycles. The third-order valence-electron chi connectivity index (χ3n) is 3.20. The average molecular weight is 304 g/mol. The van der Waals surface area contributed by atoms with Gasteiger partial charge in [-0.2, -0.15) is 0 Å². The highest BCUT2D eigenvalue weighted by Crippen LogP contribution is 2.23. The van der Waals surface area contributed by atoms with Gasteiger partial charge in [-0.15, -0.1) is 0 Å². The van der Waals surface area contributed by atoms with Crippen LogP contribution in [-0.4, -0.2) is 25.0 Å². The summed E-state index contributed by atoms with van der Waals surface area (Å²) >= 11 is 6.10. The van der Waals surface area contributed by atoms with Gasteiger partial charge < -0.3 is 10.2 Å². The molecule has 0 aliphatic heterocycles. The van der Waals surface area contributed by atoms with Crippen LogP contribution in [0, 0.1) is 13.8 Å². The monoisotopic (exact) mass is 303 g/mol.